The maximum Gasteiger partial charge on any atom is 0.341 e. The Hall–Kier alpha value is -1.96. The van der Waals surface area contributed by atoms with E-state index in [9.17, 15) is 4.79 Å². The number of anilines is 1. The number of esters is 1. The van der Waals surface area contributed by atoms with Crippen LogP contribution in [0.4, 0.5) is 5.00 Å². The third-order valence-corrected chi connectivity index (χ3v) is 7.85. The molecule has 0 bridgehead atoms. The first-order valence-corrected chi connectivity index (χ1v) is 13.0. The zero-order valence-corrected chi connectivity index (χ0v) is 20.5. The first-order chi connectivity index (χ1) is 15.7. The lowest BCUT2D eigenvalue weighted by Crippen LogP contribution is -2.49. The second-order valence-electron chi connectivity index (χ2n) is 8.52. The summed E-state index contributed by atoms with van der Waals surface area (Å²) in [4.78, 5) is 18.9. The summed E-state index contributed by atoms with van der Waals surface area (Å²) in [6.45, 7) is 6.94. The molecule has 0 unspecified atom stereocenters. The molecule has 0 radical (unpaired) electrons. The van der Waals surface area contributed by atoms with Crippen molar-refractivity contribution < 1.29 is 9.53 Å². The normalized spacial score (nSPS) is 17.2. The van der Waals surface area contributed by atoms with Gasteiger partial charge in [0.05, 0.1) is 12.2 Å². The van der Waals surface area contributed by atoms with Gasteiger partial charge in [0.15, 0.2) is 5.11 Å². The largest absolute Gasteiger partial charge is 0.462 e. The van der Waals surface area contributed by atoms with Crippen LogP contribution in [-0.2, 0) is 24.1 Å². The van der Waals surface area contributed by atoms with Crippen molar-refractivity contribution in [2.45, 2.75) is 52.0 Å². The zero-order chi connectivity index (χ0) is 22.3. The van der Waals surface area contributed by atoms with Crippen molar-refractivity contribution in [2.24, 2.45) is 0 Å². The Morgan fingerprint density at radius 3 is 2.50 bits per heavy atom. The zero-order valence-electron chi connectivity index (χ0n) is 18.9. The highest BCUT2D eigenvalue weighted by Crippen LogP contribution is 2.37. The first-order valence-electron chi connectivity index (χ1n) is 11.8. The molecule has 0 spiro atoms. The Kier molecular flexibility index (Phi) is 8.16. The molecule has 1 N–H and O–H groups in total. The number of hydrogen-bond acceptors (Lipinski definition) is 5. The Bertz CT molecular complexity index is 921. The van der Waals surface area contributed by atoms with Crippen molar-refractivity contribution >= 4 is 39.6 Å². The molecule has 1 aliphatic heterocycles. The molecule has 0 atom stereocenters. The number of carbonyl (C=O) groups is 1. The van der Waals surface area contributed by atoms with Gasteiger partial charge in [0.1, 0.15) is 5.00 Å². The van der Waals surface area contributed by atoms with Gasteiger partial charge in [-0.15, -0.1) is 11.3 Å². The molecule has 1 aromatic heterocycles. The number of hydrogen-bond donors (Lipinski definition) is 1. The van der Waals surface area contributed by atoms with Gasteiger partial charge in [-0.1, -0.05) is 43.2 Å². The van der Waals surface area contributed by atoms with Crippen molar-refractivity contribution in [1.82, 2.24) is 9.80 Å². The molecule has 1 fully saturated rings. The second kappa shape index (κ2) is 11.3. The summed E-state index contributed by atoms with van der Waals surface area (Å²) in [6, 6.07) is 10.6. The van der Waals surface area contributed by atoms with Crippen molar-refractivity contribution in [3.8, 4) is 0 Å². The fourth-order valence-corrected chi connectivity index (χ4v) is 6.18. The number of ether oxygens (including phenoxy) is 1. The van der Waals surface area contributed by atoms with Crippen molar-refractivity contribution in [3.05, 3.63) is 51.9 Å². The van der Waals surface area contributed by atoms with Crippen LogP contribution in [0.15, 0.2) is 30.3 Å². The van der Waals surface area contributed by atoms with Crippen molar-refractivity contribution in [3.63, 3.8) is 0 Å². The highest BCUT2D eigenvalue weighted by Gasteiger charge is 2.27. The Morgan fingerprint density at radius 2 is 1.78 bits per heavy atom. The molecule has 32 heavy (non-hydrogen) atoms. The fourth-order valence-electron chi connectivity index (χ4n) is 4.55. The number of aryl methyl sites for hydroxylation is 1. The van der Waals surface area contributed by atoms with Gasteiger partial charge in [-0.05, 0) is 56.0 Å². The maximum absolute atomic E-state index is 12.9. The fraction of sp³-hybridized carbons (Fsp3) is 0.520. The smallest absolute Gasteiger partial charge is 0.341 e. The van der Waals surface area contributed by atoms with Gasteiger partial charge in [-0.3, -0.25) is 4.90 Å². The van der Waals surface area contributed by atoms with Gasteiger partial charge in [0.2, 0.25) is 0 Å². The van der Waals surface area contributed by atoms with Gasteiger partial charge in [-0.25, -0.2) is 4.79 Å². The van der Waals surface area contributed by atoms with E-state index in [2.05, 4.69) is 45.4 Å². The van der Waals surface area contributed by atoms with E-state index in [1.54, 1.807) is 11.3 Å². The Labute approximate surface area is 200 Å². The number of nitrogens with zero attached hydrogens (tertiary/aromatic N) is 2. The molecule has 1 aliphatic carbocycles. The number of nitrogens with one attached hydrogen (secondary N) is 1. The molecule has 5 nitrogen and oxygen atoms in total. The first kappa shape index (κ1) is 23.2. The minimum absolute atomic E-state index is 0.219. The lowest BCUT2D eigenvalue weighted by Gasteiger charge is -2.36. The average molecular weight is 472 g/mol. The van der Waals surface area contributed by atoms with Gasteiger partial charge in [0.25, 0.3) is 0 Å². The highest BCUT2D eigenvalue weighted by molar-refractivity contribution is 7.80. The predicted octanol–water partition coefficient (Wildman–Crippen LogP) is 5.10. The maximum atomic E-state index is 12.9. The number of piperazine rings is 1. The monoisotopic (exact) mass is 471 g/mol. The topological polar surface area (TPSA) is 44.8 Å². The van der Waals surface area contributed by atoms with Crippen molar-refractivity contribution in [1.29, 1.82) is 0 Å². The van der Waals surface area contributed by atoms with Gasteiger partial charge >= 0.3 is 5.97 Å². The molecule has 0 saturated carbocycles. The van der Waals surface area contributed by atoms with Gasteiger partial charge in [0, 0.05) is 37.6 Å². The van der Waals surface area contributed by atoms with Crippen LogP contribution in [0, 0.1) is 0 Å². The quantitative estimate of drug-likeness (QED) is 0.484. The van der Waals surface area contributed by atoms with E-state index in [-0.39, 0.29) is 5.97 Å². The third-order valence-electron chi connectivity index (χ3n) is 6.28. The second-order valence-corrected chi connectivity index (χ2v) is 10.0. The summed E-state index contributed by atoms with van der Waals surface area (Å²) in [6.07, 6.45) is 6.80. The standard InChI is InChI=1S/C25H33N3O2S2/c1-2-30-24(29)22-20-12-8-3-4-9-13-21(20)32-23(22)26-25(31)28-16-14-27(15-17-28)18-19-10-6-5-7-11-19/h5-7,10-11H,2-4,8-9,12-18H2,1H3,(H,26,31). The molecule has 4 rings (SSSR count). The van der Waals surface area contributed by atoms with E-state index < -0.39 is 0 Å². The van der Waals surface area contributed by atoms with Crippen molar-refractivity contribution in [2.75, 3.05) is 38.1 Å². The molecular formula is C25H33N3O2S2. The highest BCUT2D eigenvalue weighted by atomic mass is 32.1. The minimum Gasteiger partial charge on any atom is -0.462 e. The summed E-state index contributed by atoms with van der Waals surface area (Å²) in [7, 11) is 0. The number of carbonyl (C=O) groups excluding carboxylic acids is 1. The number of fused-ring (bicyclic) bond motifs is 1. The summed E-state index contributed by atoms with van der Waals surface area (Å²) < 4.78 is 5.43. The van der Waals surface area contributed by atoms with E-state index in [4.69, 9.17) is 17.0 Å². The lowest BCUT2D eigenvalue weighted by atomic mass is 9.96. The Balaban J connectivity index is 1.42. The summed E-state index contributed by atoms with van der Waals surface area (Å²) in [5.41, 5.74) is 3.25. The average Bonchev–Trinajstić information content (AvgIpc) is 3.11. The molecule has 1 aromatic carbocycles. The van der Waals surface area contributed by atoms with Gasteiger partial charge < -0.3 is 15.0 Å². The molecule has 1 saturated heterocycles. The number of rotatable bonds is 5. The van der Waals surface area contributed by atoms with E-state index in [1.165, 1.54) is 35.3 Å². The van der Waals surface area contributed by atoms with Crippen LogP contribution in [0.25, 0.3) is 0 Å². The summed E-state index contributed by atoms with van der Waals surface area (Å²) in [5, 5.41) is 5.02. The number of benzene rings is 1. The van der Waals surface area contributed by atoms with Gasteiger partial charge in [-0.2, -0.15) is 0 Å². The minimum atomic E-state index is -0.219. The molecular weight excluding hydrogens is 438 g/mol. The van der Waals surface area contributed by atoms with Crippen LogP contribution < -0.4 is 5.32 Å². The van der Waals surface area contributed by atoms with Crippen LogP contribution in [0.2, 0.25) is 0 Å². The number of thiocarbonyl (C=S) groups is 1. The Morgan fingerprint density at radius 1 is 1.06 bits per heavy atom. The summed E-state index contributed by atoms with van der Waals surface area (Å²) >= 11 is 7.48. The van der Waals surface area contributed by atoms with Crippen LogP contribution in [0.3, 0.4) is 0 Å². The van der Waals surface area contributed by atoms with Crippen LogP contribution in [-0.4, -0.2) is 53.7 Å². The predicted molar refractivity (Wildman–Crippen MR) is 136 cm³/mol. The molecule has 172 valence electrons. The van der Waals surface area contributed by atoms with Crippen LogP contribution in [0.1, 0.15) is 59.0 Å². The van der Waals surface area contributed by atoms with Crippen LogP contribution >= 0.6 is 23.6 Å². The van der Waals surface area contributed by atoms with E-state index in [1.807, 2.05) is 6.92 Å². The third kappa shape index (κ3) is 5.69. The molecule has 0 amide bonds. The van der Waals surface area contributed by atoms with E-state index >= 15 is 0 Å². The molecule has 7 heteroatoms. The molecule has 2 aromatic rings. The molecule has 2 aliphatic rings. The van der Waals surface area contributed by atoms with Crippen LogP contribution in [0.5, 0.6) is 0 Å². The van der Waals surface area contributed by atoms with E-state index in [0.29, 0.717) is 11.7 Å². The lowest BCUT2D eigenvalue weighted by molar-refractivity contribution is 0.0526. The summed E-state index contributed by atoms with van der Waals surface area (Å²) in [5.74, 6) is -0.219. The molecule has 2 heterocycles. The SMILES string of the molecule is CCOC(=O)c1c(NC(=S)N2CCN(Cc3ccccc3)CC2)sc2c1CCCCCC2. The van der Waals surface area contributed by atoms with E-state index in [0.717, 1.165) is 62.6 Å². The number of thiophene rings is 1.